The van der Waals surface area contributed by atoms with Crippen molar-refractivity contribution in [3.05, 3.63) is 96.2 Å². The van der Waals surface area contributed by atoms with E-state index in [0.29, 0.717) is 36.8 Å². The summed E-state index contributed by atoms with van der Waals surface area (Å²) in [5, 5.41) is 7.82. The molecule has 3 aromatic carbocycles. The van der Waals surface area contributed by atoms with E-state index in [9.17, 15) is 4.79 Å². The topological polar surface area (TPSA) is 65.4 Å². The zero-order valence-corrected chi connectivity index (χ0v) is 17.5. The summed E-state index contributed by atoms with van der Waals surface area (Å²) in [7, 11) is 0. The Bertz CT molecular complexity index is 1220. The summed E-state index contributed by atoms with van der Waals surface area (Å²) in [6.07, 6.45) is 2.79. The van der Waals surface area contributed by atoms with Crippen molar-refractivity contribution in [3.8, 4) is 28.4 Å². The number of fused-ring (bicyclic) bond motifs is 1. The molecule has 1 aromatic heterocycles. The Morgan fingerprint density at radius 1 is 0.906 bits per heavy atom. The largest absolute Gasteiger partial charge is 0.490 e. The third-order valence-electron chi connectivity index (χ3n) is 5.31. The zero-order valence-electron chi connectivity index (χ0n) is 17.5. The molecule has 1 N–H and O–H groups in total. The molecular weight excluding hydrogens is 402 g/mol. The zero-order chi connectivity index (χ0) is 21.8. The lowest BCUT2D eigenvalue weighted by molar-refractivity contribution is 0.0950. The molecule has 0 saturated carbocycles. The van der Waals surface area contributed by atoms with Gasteiger partial charge in [0.25, 0.3) is 5.91 Å². The van der Waals surface area contributed by atoms with Crippen molar-refractivity contribution in [3.63, 3.8) is 0 Å². The number of aromatic nitrogens is 2. The lowest BCUT2D eigenvalue weighted by atomic mass is 10.1. The Labute approximate surface area is 186 Å². The highest BCUT2D eigenvalue weighted by Gasteiger charge is 2.16. The predicted octanol–water partition coefficient (Wildman–Crippen LogP) is 4.63. The molecule has 160 valence electrons. The van der Waals surface area contributed by atoms with Gasteiger partial charge in [0.05, 0.1) is 24.6 Å². The minimum absolute atomic E-state index is 0.174. The smallest absolute Gasteiger partial charge is 0.251 e. The molecule has 32 heavy (non-hydrogen) atoms. The summed E-state index contributed by atoms with van der Waals surface area (Å²) < 4.78 is 13.2. The second kappa shape index (κ2) is 8.98. The second-order valence-corrected chi connectivity index (χ2v) is 7.54. The minimum atomic E-state index is -0.174. The fourth-order valence-electron chi connectivity index (χ4n) is 3.67. The number of ether oxygens (including phenoxy) is 2. The molecule has 6 nitrogen and oxygen atoms in total. The van der Waals surface area contributed by atoms with E-state index in [1.54, 1.807) is 18.2 Å². The molecule has 0 atom stereocenters. The molecule has 0 bridgehead atoms. The molecule has 6 heteroatoms. The molecule has 5 rings (SSSR count). The maximum Gasteiger partial charge on any atom is 0.251 e. The van der Waals surface area contributed by atoms with E-state index in [1.165, 1.54) is 0 Å². The Morgan fingerprint density at radius 3 is 2.41 bits per heavy atom. The van der Waals surface area contributed by atoms with Gasteiger partial charge in [-0.1, -0.05) is 48.5 Å². The summed E-state index contributed by atoms with van der Waals surface area (Å²) in [5.41, 5.74) is 4.27. The second-order valence-electron chi connectivity index (χ2n) is 7.54. The van der Waals surface area contributed by atoms with Crippen molar-refractivity contribution in [2.24, 2.45) is 0 Å². The number of nitrogens with zero attached hydrogens (tertiary/aromatic N) is 2. The first-order valence-electron chi connectivity index (χ1n) is 10.7. The van der Waals surface area contributed by atoms with Crippen LogP contribution in [0.1, 0.15) is 22.3 Å². The van der Waals surface area contributed by atoms with Crippen molar-refractivity contribution in [1.29, 1.82) is 0 Å². The van der Waals surface area contributed by atoms with Gasteiger partial charge in [-0.05, 0) is 30.3 Å². The molecule has 0 radical (unpaired) electrons. The standard InChI is InChI=1S/C26H23N3O3/c30-26(20-12-13-23-24(16-20)32-15-7-14-31-23)27-17-21-18-29(22-10-5-2-6-11-22)28-25(21)19-8-3-1-4-9-19/h1-6,8-13,16,18H,7,14-15,17H2,(H,27,30). The molecule has 1 amide bonds. The van der Waals surface area contributed by atoms with Gasteiger partial charge in [-0.15, -0.1) is 0 Å². The van der Waals surface area contributed by atoms with Gasteiger partial charge in [0, 0.05) is 35.9 Å². The fourth-order valence-corrected chi connectivity index (χ4v) is 3.67. The van der Waals surface area contributed by atoms with Gasteiger partial charge in [-0.3, -0.25) is 4.79 Å². The molecule has 2 heterocycles. The van der Waals surface area contributed by atoms with Crippen molar-refractivity contribution in [2.75, 3.05) is 13.2 Å². The van der Waals surface area contributed by atoms with Crippen LogP contribution >= 0.6 is 0 Å². The van der Waals surface area contributed by atoms with Gasteiger partial charge in [-0.25, -0.2) is 4.68 Å². The van der Waals surface area contributed by atoms with Gasteiger partial charge in [-0.2, -0.15) is 5.10 Å². The Kier molecular flexibility index (Phi) is 5.58. The van der Waals surface area contributed by atoms with Gasteiger partial charge < -0.3 is 14.8 Å². The highest BCUT2D eigenvalue weighted by atomic mass is 16.5. The van der Waals surface area contributed by atoms with Gasteiger partial charge in [0.1, 0.15) is 0 Å². The maximum absolute atomic E-state index is 12.9. The van der Waals surface area contributed by atoms with Crippen molar-refractivity contribution in [2.45, 2.75) is 13.0 Å². The highest BCUT2D eigenvalue weighted by molar-refractivity contribution is 5.95. The van der Waals surface area contributed by atoms with Crippen LogP contribution in [0.2, 0.25) is 0 Å². The first kappa shape index (κ1) is 19.9. The number of hydrogen-bond acceptors (Lipinski definition) is 4. The van der Waals surface area contributed by atoms with Gasteiger partial charge in [0.15, 0.2) is 11.5 Å². The molecule has 0 spiro atoms. The van der Waals surface area contributed by atoms with Gasteiger partial charge in [0.2, 0.25) is 0 Å². The van der Waals surface area contributed by atoms with E-state index >= 15 is 0 Å². The molecule has 4 aromatic rings. The fraction of sp³-hybridized carbons (Fsp3) is 0.154. The number of hydrogen-bond donors (Lipinski definition) is 1. The van der Waals surface area contributed by atoms with E-state index in [4.69, 9.17) is 14.6 Å². The van der Waals surface area contributed by atoms with Crippen LogP contribution in [0.4, 0.5) is 0 Å². The van der Waals surface area contributed by atoms with E-state index in [2.05, 4.69) is 5.32 Å². The number of nitrogens with one attached hydrogen (secondary N) is 1. The Morgan fingerprint density at radius 2 is 1.62 bits per heavy atom. The molecule has 0 unspecified atom stereocenters. The first-order valence-corrected chi connectivity index (χ1v) is 10.7. The third kappa shape index (κ3) is 4.21. The average molecular weight is 425 g/mol. The Balaban J connectivity index is 1.39. The van der Waals surface area contributed by atoms with E-state index in [0.717, 1.165) is 28.9 Å². The van der Waals surface area contributed by atoms with Crippen LogP contribution in [0.25, 0.3) is 16.9 Å². The van der Waals surface area contributed by atoms with E-state index < -0.39 is 0 Å². The molecule has 1 aliphatic heterocycles. The summed E-state index contributed by atoms with van der Waals surface area (Å²) in [6, 6.07) is 25.2. The number of rotatable bonds is 5. The quantitative estimate of drug-likeness (QED) is 0.506. The van der Waals surface area contributed by atoms with E-state index in [-0.39, 0.29) is 5.91 Å². The van der Waals surface area contributed by atoms with Crippen LogP contribution in [0.3, 0.4) is 0 Å². The monoisotopic (exact) mass is 425 g/mol. The summed E-state index contributed by atoms with van der Waals surface area (Å²) >= 11 is 0. The normalized spacial score (nSPS) is 12.8. The predicted molar refractivity (Wildman–Crippen MR) is 122 cm³/mol. The lowest BCUT2D eigenvalue weighted by Crippen LogP contribution is -2.23. The number of benzene rings is 3. The number of amides is 1. The van der Waals surface area contributed by atoms with Crippen molar-refractivity contribution >= 4 is 5.91 Å². The summed E-state index contributed by atoms with van der Waals surface area (Å²) in [5.74, 6) is 1.11. The minimum Gasteiger partial charge on any atom is -0.490 e. The first-order chi connectivity index (χ1) is 15.8. The van der Waals surface area contributed by atoms with Crippen LogP contribution in [0.5, 0.6) is 11.5 Å². The maximum atomic E-state index is 12.9. The van der Waals surface area contributed by atoms with Crippen molar-refractivity contribution in [1.82, 2.24) is 15.1 Å². The third-order valence-corrected chi connectivity index (χ3v) is 5.31. The number of carbonyl (C=O) groups is 1. The number of para-hydroxylation sites is 1. The molecule has 0 fully saturated rings. The Hall–Kier alpha value is -4.06. The molecule has 1 aliphatic rings. The summed E-state index contributed by atoms with van der Waals surface area (Å²) in [4.78, 5) is 12.9. The van der Waals surface area contributed by atoms with Crippen LogP contribution in [-0.2, 0) is 6.54 Å². The summed E-state index contributed by atoms with van der Waals surface area (Å²) in [6.45, 7) is 1.55. The molecular formula is C26H23N3O3. The van der Waals surface area contributed by atoms with Gasteiger partial charge >= 0.3 is 0 Å². The molecule has 0 aliphatic carbocycles. The van der Waals surface area contributed by atoms with Crippen molar-refractivity contribution < 1.29 is 14.3 Å². The molecule has 0 saturated heterocycles. The van der Waals surface area contributed by atoms with Crippen LogP contribution < -0.4 is 14.8 Å². The lowest BCUT2D eigenvalue weighted by Gasteiger charge is -2.10. The SMILES string of the molecule is O=C(NCc1cn(-c2ccccc2)nc1-c1ccccc1)c1ccc2c(c1)OCCCO2. The van der Waals surface area contributed by atoms with E-state index in [1.807, 2.05) is 71.5 Å². The van der Waals surface area contributed by atoms with Crippen LogP contribution in [0, 0.1) is 0 Å². The average Bonchev–Trinajstić information content (AvgIpc) is 3.14. The highest BCUT2D eigenvalue weighted by Crippen LogP contribution is 2.30. The van der Waals surface area contributed by atoms with Crippen LogP contribution in [0.15, 0.2) is 85.1 Å². The number of carbonyl (C=O) groups excluding carboxylic acids is 1. The van der Waals surface area contributed by atoms with Crippen LogP contribution in [-0.4, -0.2) is 28.9 Å².